The van der Waals surface area contributed by atoms with Crippen LogP contribution in [0.5, 0.6) is 0 Å². The zero-order chi connectivity index (χ0) is 18.7. The third-order valence-corrected chi connectivity index (χ3v) is 9.26. The van der Waals surface area contributed by atoms with Gasteiger partial charge in [-0.25, -0.2) is 0 Å². The van der Waals surface area contributed by atoms with Gasteiger partial charge in [0.1, 0.15) is 0 Å². The Bertz CT molecular complexity index is 615. The van der Waals surface area contributed by atoms with Crippen molar-refractivity contribution in [2.45, 2.75) is 78.6 Å². The van der Waals surface area contributed by atoms with Gasteiger partial charge in [-0.3, -0.25) is 9.59 Å². The summed E-state index contributed by atoms with van der Waals surface area (Å²) in [6, 6.07) is 0. The highest BCUT2D eigenvalue weighted by Gasteiger charge is 2.65. The maximum absolute atomic E-state index is 12.1. The van der Waals surface area contributed by atoms with E-state index in [1.165, 1.54) is 45.4 Å². The van der Waals surface area contributed by atoms with Crippen LogP contribution in [0.15, 0.2) is 0 Å². The number of esters is 1. The minimum atomic E-state index is -0.586. The number of carbonyl (C=O) groups excluding carboxylic acids is 1. The van der Waals surface area contributed by atoms with Crippen molar-refractivity contribution in [3.8, 4) is 0 Å². The average molecular weight is 363 g/mol. The van der Waals surface area contributed by atoms with Crippen LogP contribution >= 0.6 is 0 Å². The van der Waals surface area contributed by atoms with E-state index in [1.807, 2.05) is 6.92 Å². The Morgan fingerprint density at radius 1 is 1.04 bits per heavy atom. The molecule has 4 aliphatic carbocycles. The van der Waals surface area contributed by atoms with Crippen LogP contribution in [0, 0.1) is 39.9 Å². The number of hydrogen-bond donors (Lipinski definition) is 1. The molecule has 0 aliphatic heterocycles. The Hall–Kier alpha value is -1.06. The molecular formula is C22H34O4. The van der Waals surface area contributed by atoms with Crippen molar-refractivity contribution in [3.63, 3.8) is 0 Å². The van der Waals surface area contributed by atoms with Gasteiger partial charge in [-0.2, -0.15) is 0 Å². The maximum Gasteiger partial charge on any atom is 0.309 e. The first-order chi connectivity index (χ1) is 12.2. The van der Waals surface area contributed by atoms with Crippen LogP contribution in [0.3, 0.4) is 0 Å². The largest absolute Gasteiger partial charge is 0.481 e. The van der Waals surface area contributed by atoms with E-state index in [2.05, 4.69) is 6.92 Å². The molecule has 4 saturated carbocycles. The monoisotopic (exact) mass is 362 g/mol. The van der Waals surface area contributed by atoms with Crippen molar-refractivity contribution in [3.05, 3.63) is 0 Å². The van der Waals surface area contributed by atoms with Gasteiger partial charge in [0.2, 0.25) is 0 Å². The second-order valence-electron chi connectivity index (χ2n) is 10.4. The van der Waals surface area contributed by atoms with Crippen LogP contribution < -0.4 is 0 Å². The average Bonchev–Trinajstić information content (AvgIpc) is 2.82. The van der Waals surface area contributed by atoms with E-state index in [0.29, 0.717) is 35.7 Å². The highest BCUT2D eigenvalue weighted by Crippen LogP contribution is 2.72. The van der Waals surface area contributed by atoms with Crippen LogP contribution in [-0.2, 0) is 14.3 Å². The molecule has 0 aromatic carbocycles. The summed E-state index contributed by atoms with van der Waals surface area (Å²) in [6.45, 7) is 6.52. The molecule has 1 N–H and O–H groups in total. The number of hydrogen-bond acceptors (Lipinski definition) is 3. The number of ether oxygens (including phenoxy) is 1. The van der Waals surface area contributed by atoms with Gasteiger partial charge < -0.3 is 9.84 Å². The van der Waals surface area contributed by atoms with Gasteiger partial charge in [-0.1, -0.05) is 13.3 Å². The molecule has 0 saturated heterocycles. The van der Waals surface area contributed by atoms with Crippen LogP contribution in [0.2, 0.25) is 0 Å². The molecule has 0 aromatic rings. The number of carbonyl (C=O) groups is 2. The molecule has 4 heteroatoms. The van der Waals surface area contributed by atoms with E-state index in [0.717, 1.165) is 19.3 Å². The lowest BCUT2D eigenvalue weighted by molar-refractivity contribution is -0.181. The topological polar surface area (TPSA) is 63.6 Å². The van der Waals surface area contributed by atoms with E-state index in [1.54, 1.807) is 0 Å². The van der Waals surface area contributed by atoms with Crippen molar-refractivity contribution in [2.24, 2.45) is 39.9 Å². The fraction of sp³-hybridized carbons (Fsp3) is 0.909. The van der Waals surface area contributed by atoms with Gasteiger partial charge in [0.25, 0.3) is 0 Å². The zero-order valence-electron chi connectivity index (χ0n) is 16.6. The zero-order valence-corrected chi connectivity index (χ0v) is 16.6. The minimum absolute atomic E-state index is 0.158. The van der Waals surface area contributed by atoms with Crippen molar-refractivity contribution in [1.29, 1.82) is 0 Å². The lowest BCUT2D eigenvalue weighted by atomic mass is 9.41. The highest BCUT2D eigenvalue weighted by molar-refractivity contribution is 5.75. The van der Waals surface area contributed by atoms with Gasteiger partial charge in [0, 0.05) is 6.92 Å². The fourth-order valence-electron chi connectivity index (χ4n) is 8.26. The quantitative estimate of drug-likeness (QED) is 0.742. The molecular weight excluding hydrogens is 328 g/mol. The summed E-state index contributed by atoms with van der Waals surface area (Å²) in [4.78, 5) is 23.4. The second kappa shape index (κ2) is 5.97. The Kier molecular flexibility index (Phi) is 4.20. The first-order valence-corrected chi connectivity index (χ1v) is 10.6. The number of rotatable bonds is 3. The minimum Gasteiger partial charge on any atom is -0.481 e. The summed E-state index contributed by atoms with van der Waals surface area (Å²) in [5, 5.41) is 9.99. The Morgan fingerprint density at radius 3 is 2.50 bits per heavy atom. The normalized spacial score (nSPS) is 49.8. The molecule has 2 bridgehead atoms. The van der Waals surface area contributed by atoms with Crippen LogP contribution in [0.4, 0.5) is 0 Å². The number of carboxylic acids is 1. The van der Waals surface area contributed by atoms with Gasteiger partial charge in [-0.05, 0) is 92.8 Å². The molecule has 4 nitrogen and oxygen atoms in total. The van der Waals surface area contributed by atoms with E-state index in [-0.39, 0.29) is 11.4 Å². The third-order valence-electron chi connectivity index (χ3n) is 9.26. The van der Waals surface area contributed by atoms with Crippen molar-refractivity contribution in [1.82, 2.24) is 0 Å². The second-order valence-corrected chi connectivity index (χ2v) is 10.4. The summed E-state index contributed by atoms with van der Waals surface area (Å²) in [6.07, 6.45) is 10.2. The molecule has 4 rings (SSSR count). The molecule has 7 atom stereocenters. The molecule has 0 aromatic heterocycles. The molecule has 0 radical (unpaired) electrons. The molecule has 0 unspecified atom stereocenters. The molecule has 146 valence electrons. The maximum atomic E-state index is 12.1. The van der Waals surface area contributed by atoms with Crippen LogP contribution in [0.25, 0.3) is 0 Å². The smallest absolute Gasteiger partial charge is 0.309 e. The Morgan fingerprint density at radius 2 is 1.81 bits per heavy atom. The van der Waals surface area contributed by atoms with E-state index in [9.17, 15) is 14.7 Å². The Labute approximate surface area is 157 Å². The first kappa shape index (κ1) is 18.3. The molecule has 4 fully saturated rings. The summed E-state index contributed by atoms with van der Waals surface area (Å²) >= 11 is 0. The summed E-state index contributed by atoms with van der Waals surface area (Å²) in [5.74, 6) is 1.41. The predicted octanol–water partition coefficient (Wildman–Crippen LogP) is 4.66. The lowest BCUT2D eigenvalue weighted by Gasteiger charge is -2.63. The van der Waals surface area contributed by atoms with Gasteiger partial charge in [0.15, 0.2) is 0 Å². The van der Waals surface area contributed by atoms with Crippen molar-refractivity contribution >= 4 is 11.9 Å². The SMILES string of the molecule is CC(=O)OC[C@H]1C[C@@]23CC[C@H]4[C@@](C)(CCC[C@]4(C)C(=O)O)[C@@H]2CC[C@@H]1C3. The van der Waals surface area contributed by atoms with Crippen molar-refractivity contribution < 1.29 is 19.4 Å². The van der Waals surface area contributed by atoms with E-state index < -0.39 is 11.4 Å². The van der Waals surface area contributed by atoms with Crippen LogP contribution in [-0.4, -0.2) is 23.7 Å². The number of carboxylic acid groups (broad SMARTS) is 1. The fourth-order valence-corrected chi connectivity index (χ4v) is 8.26. The van der Waals surface area contributed by atoms with Gasteiger partial charge >= 0.3 is 11.9 Å². The molecule has 0 heterocycles. The molecule has 1 spiro atoms. The molecule has 26 heavy (non-hydrogen) atoms. The Balaban J connectivity index is 1.61. The van der Waals surface area contributed by atoms with E-state index >= 15 is 0 Å². The number of fused-ring (bicyclic) bond motifs is 3. The lowest BCUT2D eigenvalue weighted by Crippen LogP contribution is -2.58. The third kappa shape index (κ3) is 2.46. The summed E-state index contributed by atoms with van der Waals surface area (Å²) in [7, 11) is 0. The predicted molar refractivity (Wildman–Crippen MR) is 98.4 cm³/mol. The number of aliphatic carboxylic acids is 1. The standard InChI is InChI=1S/C22H34O4/c1-14(23)26-13-16-12-22-10-7-17-20(2,18(22)6-5-15(16)11-22)8-4-9-21(17,3)19(24)25/h15-18H,4-13H2,1-3H3,(H,24,25)/t15-,16-,17+,18+,20-,21+,22+/m1/s1. The van der Waals surface area contributed by atoms with Crippen LogP contribution in [0.1, 0.15) is 78.6 Å². The molecule has 0 amide bonds. The summed E-state index contributed by atoms with van der Waals surface area (Å²) in [5.41, 5.74) is -0.0259. The summed E-state index contributed by atoms with van der Waals surface area (Å²) < 4.78 is 5.39. The van der Waals surface area contributed by atoms with Gasteiger partial charge in [0.05, 0.1) is 12.0 Å². The molecule has 4 aliphatic rings. The van der Waals surface area contributed by atoms with Gasteiger partial charge in [-0.15, -0.1) is 0 Å². The van der Waals surface area contributed by atoms with Crippen molar-refractivity contribution in [2.75, 3.05) is 6.61 Å². The first-order valence-electron chi connectivity index (χ1n) is 10.6. The highest BCUT2D eigenvalue weighted by atomic mass is 16.5. The van der Waals surface area contributed by atoms with E-state index in [4.69, 9.17) is 4.74 Å².